The van der Waals surface area contributed by atoms with Crippen molar-refractivity contribution >= 4 is 62.2 Å². The van der Waals surface area contributed by atoms with Gasteiger partial charge in [0.05, 0.1) is 10.7 Å². The number of rotatable bonds is 4. The Morgan fingerprint density at radius 2 is 1.96 bits per heavy atom. The van der Waals surface area contributed by atoms with Crippen molar-refractivity contribution in [2.24, 2.45) is 0 Å². The number of aromatic carboxylic acids is 1. The lowest BCUT2D eigenvalue weighted by molar-refractivity contribution is 0.0692. The van der Waals surface area contributed by atoms with Gasteiger partial charge in [-0.15, -0.1) is 11.3 Å². The third kappa shape index (κ3) is 3.03. The standard InChI is InChI=1S/C18H11Cl2N3O2S/c19-9-6-11(20)14-12(7-9)22-16(17(24)25)15(14)13-8-26-18(23-13)21-10-4-2-1-3-5-10/h1-8,22H,(H,21,23)(H,24,25). The molecule has 0 aliphatic carbocycles. The summed E-state index contributed by atoms with van der Waals surface area (Å²) in [5.41, 5.74) is 2.46. The lowest BCUT2D eigenvalue weighted by atomic mass is 10.1. The molecule has 0 atom stereocenters. The second kappa shape index (κ2) is 6.64. The summed E-state index contributed by atoms with van der Waals surface area (Å²) in [6.07, 6.45) is 0. The average molecular weight is 404 g/mol. The van der Waals surface area contributed by atoms with E-state index in [1.165, 1.54) is 11.3 Å². The Balaban J connectivity index is 1.84. The largest absolute Gasteiger partial charge is 0.477 e. The lowest BCUT2D eigenvalue weighted by Gasteiger charge is -2.02. The number of thiazole rings is 1. The normalized spacial score (nSPS) is 11.0. The van der Waals surface area contributed by atoms with Crippen molar-refractivity contribution in [3.05, 3.63) is 63.6 Å². The van der Waals surface area contributed by atoms with E-state index >= 15 is 0 Å². The molecule has 130 valence electrons. The van der Waals surface area contributed by atoms with Gasteiger partial charge in [-0.2, -0.15) is 0 Å². The number of para-hydroxylation sites is 1. The molecule has 8 heteroatoms. The smallest absolute Gasteiger partial charge is 0.353 e. The molecule has 0 radical (unpaired) electrons. The zero-order valence-corrected chi connectivity index (χ0v) is 15.4. The molecular formula is C18H11Cl2N3O2S. The third-order valence-corrected chi connectivity index (χ3v) is 5.09. The van der Waals surface area contributed by atoms with Gasteiger partial charge in [0.1, 0.15) is 5.69 Å². The van der Waals surface area contributed by atoms with Crippen LogP contribution in [0.1, 0.15) is 10.5 Å². The van der Waals surface area contributed by atoms with Crippen LogP contribution < -0.4 is 5.32 Å². The van der Waals surface area contributed by atoms with Crippen molar-refractivity contribution < 1.29 is 9.90 Å². The van der Waals surface area contributed by atoms with Crippen LogP contribution in [0.3, 0.4) is 0 Å². The summed E-state index contributed by atoms with van der Waals surface area (Å²) in [5, 5.41) is 16.6. The molecule has 4 rings (SSSR count). The first kappa shape index (κ1) is 16.9. The summed E-state index contributed by atoms with van der Waals surface area (Å²) in [6.45, 7) is 0. The van der Waals surface area contributed by atoms with Crippen molar-refractivity contribution in [3.8, 4) is 11.3 Å². The van der Waals surface area contributed by atoms with Gasteiger partial charge in [-0.05, 0) is 24.3 Å². The van der Waals surface area contributed by atoms with Gasteiger partial charge in [0, 0.05) is 32.6 Å². The molecule has 26 heavy (non-hydrogen) atoms. The zero-order valence-electron chi connectivity index (χ0n) is 13.1. The Labute approximate surface area is 162 Å². The maximum Gasteiger partial charge on any atom is 0.353 e. The molecule has 0 saturated carbocycles. The Morgan fingerprint density at radius 1 is 1.19 bits per heavy atom. The minimum atomic E-state index is -1.09. The van der Waals surface area contributed by atoms with Gasteiger partial charge in [-0.3, -0.25) is 0 Å². The number of hydrogen-bond donors (Lipinski definition) is 3. The van der Waals surface area contributed by atoms with Crippen LogP contribution in [0.5, 0.6) is 0 Å². The van der Waals surface area contributed by atoms with Crippen molar-refractivity contribution in [2.45, 2.75) is 0 Å². The van der Waals surface area contributed by atoms with Crippen molar-refractivity contribution in [3.63, 3.8) is 0 Å². The molecule has 2 aromatic heterocycles. The molecule has 0 amide bonds. The number of hydrogen-bond acceptors (Lipinski definition) is 4. The van der Waals surface area contributed by atoms with Gasteiger partial charge in [-0.1, -0.05) is 41.4 Å². The van der Waals surface area contributed by atoms with E-state index < -0.39 is 5.97 Å². The number of halogens is 2. The van der Waals surface area contributed by atoms with Crippen LogP contribution in [-0.4, -0.2) is 21.0 Å². The first-order valence-electron chi connectivity index (χ1n) is 7.55. The second-order valence-electron chi connectivity index (χ2n) is 5.52. The number of anilines is 2. The fourth-order valence-electron chi connectivity index (χ4n) is 2.76. The van der Waals surface area contributed by atoms with E-state index in [0.717, 1.165) is 5.69 Å². The van der Waals surface area contributed by atoms with Gasteiger partial charge < -0.3 is 15.4 Å². The van der Waals surface area contributed by atoms with Crippen LogP contribution in [0, 0.1) is 0 Å². The number of nitrogens with zero attached hydrogens (tertiary/aromatic N) is 1. The number of benzene rings is 2. The number of fused-ring (bicyclic) bond motifs is 1. The number of H-pyrrole nitrogens is 1. The van der Waals surface area contributed by atoms with E-state index in [0.29, 0.717) is 37.3 Å². The first-order chi connectivity index (χ1) is 12.5. The van der Waals surface area contributed by atoms with E-state index in [1.54, 1.807) is 17.5 Å². The van der Waals surface area contributed by atoms with Crippen LogP contribution in [-0.2, 0) is 0 Å². The highest BCUT2D eigenvalue weighted by atomic mass is 35.5. The van der Waals surface area contributed by atoms with Gasteiger partial charge in [0.2, 0.25) is 0 Å². The topological polar surface area (TPSA) is 78.0 Å². The number of nitrogens with one attached hydrogen (secondary N) is 2. The van der Waals surface area contributed by atoms with Crippen LogP contribution in [0.15, 0.2) is 47.8 Å². The van der Waals surface area contributed by atoms with Crippen LogP contribution in [0.2, 0.25) is 10.0 Å². The van der Waals surface area contributed by atoms with Crippen LogP contribution in [0.4, 0.5) is 10.8 Å². The molecule has 0 saturated heterocycles. The molecule has 0 aliphatic heterocycles. The summed E-state index contributed by atoms with van der Waals surface area (Å²) in [5.74, 6) is -1.09. The number of aromatic nitrogens is 2. The second-order valence-corrected chi connectivity index (χ2v) is 7.22. The minimum Gasteiger partial charge on any atom is -0.477 e. The van der Waals surface area contributed by atoms with E-state index in [-0.39, 0.29) is 5.69 Å². The molecule has 0 bridgehead atoms. The minimum absolute atomic E-state index is 0.0285. The molecule has 2 heterocycles. The molecular weight excluding hydrogens is 393 g/mol. The predicted octanol–water partition coefficient (Wildman–Crippen LogP) is 6.04. The highest BCUT2D eigenvalue weighted by molar-refractivity contribution is 7.14. The van der Waals surface area contributed by atoms with Gasteiger partial charge in [-0.25, -0.2) is 9.78 Å². The Morgan fingerprint density at radius 3 is 2.69 bits per heavy atom. The monoisotopic (exact) mass is 403 g/mol. The predicted molar refractivity (Wildman–Crippen MR) is 106 cm³/mol. The lowest BCUT2D eigenvalue weighted by Crippen LogP contribution is -1.99. The summed E-state index contributed by atoms with van der Waals surface area (Å²) in [4.78, 5) is 19.1. The SMILES string of the molecule is O=C(O)c1[nH]c2cc(Cl)cc(Cl)c2c1-c1csc(Nc2ccccc2)n1. The Bertz CT molecular complexity index is 1120. The van der Waals surface area contributed by atoms with Crippen LogP contribution in [0.25, 0.3) is 22.2 Å². The van der Waals surface area contributed by atoms with Gasteiger partial charge in [0.25, 0.3) is 0 Å². The van der Waals surface area contributed by atoms with Crippen molar-refractivity contribution in [2.75, 3.05) is 5.32 Å². The van der Waals surface area contributed by atoms with Crippen molar-refractivity contribution in [1.29, 1.82) is 0 Å². The third-order valence-electron chi connectivity index (χ3n) is 3.81. The number of aromatic amines is 1. The number of carboxylic acid groups (broad SMARTS) is 1. The van der Waals surface area contributed by atoms with E-state index in [9.17, 15) is 9.90 Å². The van der Waals surface area contributed by atoms with E-state index in [1.807, 2.05) is 30.3 Å². The highest BCUT2D eigenvalue weighted by Crippen LogP contribution is 2.39. The molecule has 0 spiro atoms. The Kier molecular flexibility index (Phi) is 4.32. The summed E-state index contributed by atoms with van der Waals surface area (Å²) in [7, 11) is 0. The highest BCUT2D eigenvalue weighted by Gasteiger charge is 2.23. The fraction of sp³-hybridized carbons (Fsp3) is 0. The van der Waals surface area contributed by atoms with Gasteiger partial charge >= 0.3 is 5.97 Å². The molecule has 0 unspecified atom stereocenters. The van der Waals surface area contributed by atoms with E-state index in [2.05, 4.69) is 15.3 Å². The molecule has 0 aliphatic rings. The fourth-order valence-corrected chi connectivity index (χ4v) is 4.07. The number of carbonyl (C=O) groups is 1. The summed E-state index contributed by atoms with van der Waals surface area (Å²) in [6, 6.07) is 12.8. The first-order valence-corrected chi connectivity index (χ1v) is 9.18. The molecule has 0 fully saturated rings. The maximum atomic E-state index is 11.7. The summed E-state index contributed by atoms with van der Waals surface area (Å²) >= 11 is 13.7. The zero-order chi connectivity index (χ0) is 18.3. The van der Waals surface area contributed by atoms with E-state index in [4.69, 9.17) is 23.2 Å². The molecule has 3 N–H and O–H groups in total. The quantitative estimate of drug-likeness (QED) is 0.388. The maximum absolute atomic E-state index is 11.7. The molecule has 2 aromatic carbocycles. The van der Waals surface area contributed by atoms with Crippen LogP contribution >= 0.6 is 34.5 Å². The van der Waals surface area contributed by atoms with Gasteiger partial charge in [0.15, 0.2) is 5.13 Å². The Hall–Kier alpha value is -2.54. The number of carboxylic acids is 1. The average Bonchev–Trinajstić information content (AvgIpc) is 3.20. The molecule has 4 aromatic rings. The summed E-state index contributed by atoms with van der Waals surface area (Å²) < 4.78 is 0. The van der Waals surface area contributed by atoms with Crippen molar-refractivity contribution in [1.82, 2.24) is 9.97 Å². The molecule has 5 nitrogen and oxygen atoms in total.